The van der Waals surface area contributed by atoms with Crippen LogP contribution in [0.15, 0.2) is 24.3 Å². The summed E-state index contributed by atoms with van der Waals surface area (Å²) in [5.74, 6) is 0. The molecule has 0 bridgehead atoms. The van der Waals surface area contributed by atoms with Crippen molar-refractivity contribution in [2.45, 2.75) is 26.2 Å². The highest BCUT2D eigenvalue weighted by Crippen LogP contribution is 2.11. The quantitative estimate of drug-likeness (QED) is 0.767. The molecular weight excluding hydrogens is 184 g/mol. The molecule has 0 heterocycles. The number of benzene rings is 1. The molecule has 0 spiro atoms. The highest BCUT2D eigenvalue weighted by molar-refractivity contribution is 5.44. The maximum absolute atomic E-state index is 11.9. The third-order valence-corrected chi connectivity index (χ3v) is 1.95. The summed E-state index contributed by atoms with van der Waals surface area (Å²) in [4.78, 5) is 0. The highest BCUT2D eigenvalue weighted by Gasteiger charge is 2.00. The topological polar surface area (TPSA) is 12.0 Å². The smallest absolute Gasteiger partial charge is 0.255 e. The Balaban J connectivity index is 2.46. The fraction of sp³-hybridized carbons (Fsp3) is 0.455. The van der Waals surface area contributed by atoms with Gasteiger partial charge in [0.25, 0.3) is 6.43 Å². The van der Waals surface area contributed by atoms with Crippen molar-refractivity contribution in [3.8, 4) is 0 Å². The SMILES string of the molecule is CCCc1ccc(NCC(F)F)cc1. The Morgan fingerprint density at radius 2 is 1.86 bits per heavy atom. The van der Waals surface area contributed by atoms with E-state index in [-0.39, 0.29) is 6.54 Å². The van der Waals surface area contributed by atoms with Crippen LogP contribution in [0.1, 0.15) is 18.9 Å². The monoisotopic (exact) mass is 199 g/mol. The summed E-state index contributed by atoms with van der Waals surface area (Å²) in [7, 11) is 0. The van der Waals surface area contributed by atoms with Crippen molar-refractivity contribution in [3.63, 3.8) is 0 Å². The van der Waals surface area contributed by atoms with Crippen LogP contribution in [0.5, 0.6) is 0 Å². The van der Waals surface area contributed by atoms with Gasteiger partial charge in [-0.2, -0.15) is 0 Å². The van der Waals surface area contributed by atoms with Gasteiger partial charge in [0.15, 0.2) is 0 Å². The van der Waals surface area contributed by atoms with E-state index in [1.807, 2.05) is 24.3 Å². The maximum Gasteiger partial charge on any atom is 0.255 e. The summed E-state index contributed by atoms with van der Waals surface area (Å²) in [6.45, 7) is 1.83. The Labute approximate surface area is 83.1 Å². The number of anilines is 1. The summed E-state index contributed by atoms with van der Waals surface area (Å²) < 4.78 is 23.7. The molecule has 14 heavy (non-hydrogen) atoms. The van der Waals surface area contributed by atoms with E-state index in [0.29, 0.717) is 0 Å². The van der Waals surface area contributed by atoms with Crippen LogP contribution < -0.4 is 5.32 Å². The Kier molecular flexibility index (Phi) is 4.36. The molecule has 0 atom stereocenters. The van der Waals surface area contributed by atoms with E-state index in [2.05, 4.69) is 12.2 Å². The molecule has 1 rings (SSSR count). The molecule has 1 aromatic carbocycles. The van der Waals surface area contributed by atoms with Gasteiger partial charge < -0.3 is 5.32 Å². The second-order valence-corrected chi connectivity index (χ2v) is 3.22. The molecule has 0 aromatic heterocycles. The molecule has 1 nitrogen and oxygen atoms in total. The minimum atomic E-state index is -2.30. The lowest BCUT2D eigenvalue weighted by molar-refractivity contribution is 0.163. The van der Waals surface area contributed by atoms with Crippen molar-refractivity contribution < 1.29 is 8.78 Å². The zero-order valence-corrected chi connectivity index (χ0v) is 8.26. The summed E-state index contributed by atoms with van der Waals surface area (Å²) in [6.07, 6.45) is -0.163. The number of halogens is 2. The van der Waals surface area contributed by atoms with Gasteiger partial charge in [-0.25, -0.2) is 8.78 Å². The first-order valence-corrected chi connectivity index (χ1v) is 4.83. The predicted molar refractivity (Wildman–Crippen MR) is 54.9 cm³/mol. The van der Waals surface area contributed by atoms with Gasteiger partial charge in [-0.3, -0.25) is 0 Å². The molecule has 0 fully saturated rings. The van der Waals surface area contributed by atoms with Crippen LogP contribution in [-0.2, 0) is 6.42 Å². The Hall–Kier alpha value is -1.12. The number of hydrogen-bond donors (Lipinski definition) is 1. The number of rotatable bonds is 5. The molecule has 1 aromatic rings. The third kappa shape index (κ3) is 3.73. The Morgan fingerprint density at radius 3 is 2.36 bits per heavy atom. The number of aryl methyl sites for hydroxylation is 1. The van der Waals surface area contributed by atoms with Crippen molar-refractivity contribution in [1.29, 1.82) is 0 Å². The van der Waals surface area contributed by atoms with E-state index in [4.69, 9.17) is 0 Å². The first kappa shape index (κ1) is 11.0. The van der Waals surface area contributed by atoms with Crippen molar-refractivity contribution in [3.05, 3.63) is 29.8 Å². The average molecular weight is 199 g/mol. The maximum atomic E-state index is 11.9. The Bertz CT molecular complexity index is 256. The molecule has 0 aliphatic carbocycles. The molecule has 3 heteroatoms. The van der Waals surface area contributed by atoms with E-state index in [0.717, 1.165) is 18.5 Å². The number of alkyl halides is 2. The number of hydrogen-bond acceptors (Lipinski definition) is 1. The van der Waals surface area contributed by atoms with Gasteiger partial charge in [0.05, 0.1) is 6.54 Å². The predicted octanol–water partition coefficient (Wildman–Crippen LogP) is 3.32. The molecule has 0 aliphatic heterocycles. The third-order valence-electron chi connectivity index (χ3n) is 1.95. The second kappa shape index (κ2) is 5.58. The fourth-order valence-corrected chi connectivity index (χ4v) is 1.27. The van der Waals surface area contributed by atoms with Gasteiger partial charge in [0.2, 0.25) is 0 Å². The Morgan fingerprint density at radius 1 is 1.21 bits per heavy atom. The van der Waals surface area contributed by atoms with Crippen LogP contribution in [-0.4, -0.2) is 13.0 Å². The fourth-order valence-electron chi connectivity index (χ4n) is 1.27. The summed E-state index contributed by atoms with van der Waals surface area (Å²) in [5, 5.41) is 2.66. The standard InChI is InChI=1S/C11H15F2N/c1-2-3-9-4-6-10(7-5-9)14-8-11(12)13/h4-7,11,14H,2-3,8H2,1H3. The molecule has 0 saturated carbocycles. The summed E-state index contributed by atoms with van der Waals surface area (Å²) >= 11 is 0. The molecule has 0 saturated heterocycles. The van der Waals surface area contributed by atoms with Crippen LogP contribution in [0.3, 0.4) is 0 Å². The van der Waals surface area contributed by atoms with E-state index in [9.17, 15) is 8.78 Å². The minimum Gasteiger partial charge on any atom is -0.379 e. The van der Waals surface area contributed by atoms with Crippen LogP contribution >= 0.6 is 0 Å². The first-order valence-electron chi connectivity index (χ1n) is 4.83. The van der Waals surface area contributed by atoms with Gasteiger partial charge in [-0.05, 0) is 24.1 Å². The molecular formula is C11H15F2N. The first-order chi connectivity index (χ1) is 6.72. The van der Waals surface area contributed by atoms with Gasteiger partial charge in [-0.15, -0.1) is 0 Å². The average Bonchev–Trinajstić information content (AvgIpc) is 2.17. The number of nitrogens with one attached hydrogen (secondary N) is 1. The second-order valence-electron chi connectivity index (χ2n) is 3.22. The molecule has 0 amide bonds. The molecule has 1 N–H and O–H groups in total. The van der Waals surface area contributed by atoms with E-state index >= 15 is 0 Å². The summed E-state index contributed by atoms with van der Waals surface area (Å²) in [6, 6.07) is 7.62. The van der Waals surface area contributed by atoms with Crippen molar-refractivity contribution >= 4 is 5.69 Å². The molecule has 0 unspecified atom stereocenters. The minimum absolute atomic E-state index is 0.285. The van der Waals surface area contributed by atoms with Crippen LogP contribution in [0.25, 0.3) is 0 Å². The van der Waals surface area contributed by atoms with Crippen LogP contribution in [0, 0.1) is 0 Å². The zero-order chi connectivity index (χ0) is 10.4. The van der Waals surface area contributed by atoms with Crippen LogP contribution in [0.4, 0.5) is 14.5 Å². The highest BCUT2D eigenvalue weighted by atomic mass is 19.3. The van der Waals surface area contributed by atoms with Crippen LogP contribution in [0.2, 0.25) is 0 Å². The van der Waals surface area contributed by atoms with E-state index in [1.165, 1.54) is 5.56 Å². The lowest BCUT2D eigenvalue weighted by atomic mass is 10.1. The van der Waals surface area contributed by atoms with Gasteiger partial charge in [0.1, 0.15) is 0 Å². The van der Waals surface area contributed by atoms with Crippen molar-refractivity contribution in [1.82, 2.24) is 0 Å². The zero-order valence-electron chi connectivity index (χ0n) is 8.26. The van der Waals surface area contributed by atoms with Crippen molar-refractivity contribution in [2.24, 2.45) is 0 Å². The lowest BCUT2D eigenvalue weighted by Crippen LogP contribution is -2.09. The molecule has 0 aliphatic rings. The van der Waals surface area contributed by atoms with E-state index in [1.54, 1.807) is 0 Å². The van der Waals surface area contributed by atoms with Crippen molar-refractivity contribution in [2.75, 3.05) is 11.9 Å². The van der Waals surface area contributed by atoms with Gasteiger partial charge in [0, 0.05) is 5.69 Å². The summed E-state index contributed by atoms with van der Waals surface area (Å²) in [5.41, 5.74) is 2.00. The normalized spacial score (nSPS) is 10.6. The molecule has 0 radical (unpaired) electrons. The van der Waals surface area contributed by atoms with Gasteiger partial charge >= 0.3 is 0 Å². The van der Waals surface area contributed by atoms with E-state index < -0.39 is 6.43 Å². The van der Waals surface area contributed by atoms with Gasteiger partial charge in [-0.1, -0.05) is 25.5 Å². The largest absolute Gasteiger partial charge is 0.379 e. The molecule has 78 valence electrons. The lowest BCUT2D eigenvalue weighted by Gasteiger charge is -2.06.